The van der Waals surface area contributed by atoms with Gasteiger partial charge in [-0.25, -0.2) is 4.39 Å². The fourth-order valence-corrected chi connectivity index (χ4v) is 3.41. The second-order valence-corrected chi connectivity index (χ2v) is 7.18. The van der Waals surface area contributed by atoms with Crippen LogP contribution >= 0.6 is 0 Å². The van der Waals surface area contributed by atoms with Gasteiger partial charge in [0.05, 0.1) is 12.5 Å². The molecule has 0 radical (unpaired) electrons. The minimum Gasteiger partial charge on any atom is -0.336 e. The first-order valence-electron chi connectivity index (χ1n) is 9.57. The molecule has 2 aromatic carbocycles. The highest BCUT2D eigenvalue weighted by molar-refractivity contribution is 6.01. The van der Waals surface area contributed by atoms with Gasteiger partial charge in [0.2, 0.25) is 17.7 Å². The number of anilines is 2. The van der Waals surface area contributed by atoms with Crippen molar-refractivity contribution in [2.45, 2.75) is 19.8 Å². The predicted molar refractivity (Wildman–Crippen MR) is 109 cm³/mol. The fourth-order valence-electron chi connectivity index (χ4n) is 3.41. The van der Waals surface area contributed by atoms with Gasteiger partial charge in [-0.2, -0.15) is 0 Å². The highest BCUT2D eigenvalue weighted by Crippen LogP contribution is 2.26. The Kier molecular flexibility index (Phi) is 6.26. The average molecular weight is 397 g/mol. The molecule has 1 heterocycles. The summed E-state index contributed by atoms with van der Waals surface area (Å²) >= 11 is 0. The van der Waals surface area contributed by atoms with Crippen LogP contribution in [0.5, 0.6) is 0 Å². The van der Waals surface area contributed by atoms with Crippen LogP contribution in [-0.4, -0.2) is 42.8 Å². The van der Waals surface area contributed by atoms with Crippen molar-refractivity contribution in [3.05, 3.63) is 59.9 Å². The second-order valence-electron chi connectivity index (χ2n) is 7.18. The van der Waals surface area contributed by atoms with E-state index in [2.05, 4.69) is 12.2 Å². The molecule has 2 aromatic rings. The summed E-state index contributed by atoms with van der Waals surface area (Å²) < 4.78 is 13.2. The van der Waals surface area contributed by atoms with E-state index in [1.165, 1.54) is 35.7 Å². The summed E-state index contributed by atoms with van der Waals surface area (Å²) in [5.41, 5.74) is 2.28. The Hall–Kier alpha value is -3.22. The minimum atomic E-state index is -0.500. The standard InChI is InChI=1S/C22H24FN3O3/c1-3-15-7-9-19(10-8-15)26-13-16(11-21(26)28)22(29)25(2)14-20(27)24-18-6-4-5-17(23)12-18/h4-10,12,16H,3,11,13-14H2,1-2H3,(H,24,27). The van der Waals surface area contributed by atoms with Crippen LogP contribution in [0.4, 0.5) is 15.8 Å². The Bertz CT molecular complexity index is 914. The number of amides is 3. The second kappa shape index (κ2) is 8.86. The molecule has 0 spiro atoms. The van der Waals surface area contributed by atoms with Gasteiger partial charge in [-0.05, 0) is 42.3 Å². The fraction of sp³-hybridized carbons (Fsp3) is 0.318. The van der Waals surface area contributed by atoms with Crippen LogP contribution in [-0.2, 0) is 20.8 Å². The van der Waals surface area contributed by atoms with Crippen molar-refractivity contribution in [1.29, 1.82) is 0 Å². The molecule has 6 nitrogen and oxygen atoms in total. The number of rotatable bonds is 6. The Labute approximate surface area is 169 Å². The minimum absolute atomic E-state index is 0.106. The molecule has 152 valence electrons. The number of nitrogens with one attached hydrogen (secondary N) is 1. The van der Waals surface area contributed by atoms with Crippen molar-refractivity contribution < 1.29 is 18.8 Å². The van der Waals surface area contributed by atoms with Gasteiger partial charge in [-0.3, -0.25) is 14.4 Å². The first kappa shape index (κ1) is 20.5. The highest BCUT2D eigenvalue weighted by atomic mass is 19.1. The SMILES string of the molecule is CCc1ccc(N2CC(C(=O)N(C)CC(=O)Nc3cccc(F)c3)CC2=O)cc1. The maximum Gasteiger partial charge on any atom is 0.243 e. The van der Waals surface area contributed by atoms with E-state index in [1.54, 1.807) is 11.0 Å². The number of carbonyl (C=O) groups excluding carboxylic acids is 3. The van der Waals surface area contributed by atoms with E-state index in [9.17, 15) is 18.8 Å². The van der Waals surface area contributed by atoms with Crippen LogP contribution in [0.25, 0.3) is 0 Å². The predicted octanol–water partition coefficient (Wildman–Crippen LogP) is 2.84. The largest absolute Gasteiger partial charge is 0.336 e. The molecule has 0 bridgehead atoms. The summed E-state index contributed by atoms with van der Waals surface area (Å²) in [7, 11) is 1.52. The smallest absolute Gasteiger partial charge is 0.243 e. The summed E-state index contributed by atoms with van der Waals surface area (Å²) in [5, 5.41) is 2.56. The van der Waals surface area contributed by atoms with Gasteiger partial charge in [0, 0.05) is 31.4 Å². The normalized spacial score (nSPS) is 16.0. The van der Waals surface area contributed by atoms with Crippen LogP contribution in [0.15, 0.2) is 48.5 Å². The van der Waals surface area contributed by atoms with E-state index in [1.807, 2.05) is 24.3 Å². The summed E-state index contributed by atoms with van der Waals surface area (Å²) in [5.74, 6) is -1.75. The quantitative estimate of drug-likeness (QED) is 0.815. The third-order valence-electron chi connectivity index (χ3n) is 5.00. The zero-order chi connectivity index (χ0) is 21.0. The van der Waals surface area contributed by atoms with E-state index in [0.29, 0.717) is 12.2 Å². The van der Waals surface area contributed by atoms with Gasteiger partial charge in [-0.1, -0.05) is 25.1 Å². The summed E-state index contributed by atoms with van der Waals surface area (Å²) in [4.78, 5) is 40.2. The summed E-state index contributed by atoms with van der Waals surface area (Å²) in [6.45, 7) is 2.18. The first-order valence-corrected chi connectivity index (χ1v) is 9.57. The number of aryl methyl sites for hydroxylation is 1. The van der Waals surface area contributed by atoms with Crippen LogP contribution in [0, 0.1) is 11.7 Å². The Morgan fingerprint density at radius 2 is 1.93 bits per heavy atom. The van der Waals surface area contributed by atoms with Crippen LogP contribution in [0.2, 0.25) is 0 Å². The number of benzene rings is 2. The number of nitrogens with zero attached hydrogens (tertiary/aromatic N) is 2. The molecule has 0 aromatic heterocycles. The van der Waals surface area contributed by atoms with Crippen molar-refractivity contribution in [3.63, 3.8) is 0 Å². The summed E-state index contributed by atoms with van der Waals surface area (Å²) in [6.07, 6.45) is 1.03. The molecule has 7 heteroatoms. The molecule has 1 unspecified atom stereocenters. The zero-order valence-electron chi connectivity index (χ0n) is 16.5. The molecule has 1 saturated heterocycles. The van der Waals surface area contributed by atoms with Crippen molar-refractivity contribution in [1.82, 2.24) is 4.90 Å². The lowest BCUT2D eigenvalue weighted by atomic mass is 10.1. The molecule has 0 aliphatic carbocycles. The van der Waals surface area contributed by atoms with E-state index in [4.69, 9.17) is 0 Å². The van der Waals surface area contributed by atoms with Crippen molar-refractivity contribution in [3.8, 4) is 0 Å². The van der Waals surface area contributed by atoms with Gasteiger partial charge in [0.25, 0.3) is 0 Å². The number of likely N-dealkylation sites (N-methyl/N-ethyl adjacent to an activating group) is 1. The van der Waals surface area contributed by atoms with Crippen molar-refractivity contribution in [2.24, 2.45) is 5.92 Å². The van der Waals surface area contributed by atoms with Crippen LogP contribution in [0.1, 0.15) is 18.9 Å². The third kappa shape index (κ3) is 4.99. The lowest BCUT2D eigenvalue weighted by Crippen LogP contribution is -2.39. The lowest BCUT2D eigenvalue weighted by molar-refractivity contribution is -0.137. The average Bonchev–Trinajstić information content (AvgIpc) is 3.09. The number of hydrogen-bond donors (Lipinski definition) is 1. The zero-order valence-corrected chi connectivity index (χ0v) is 16.5. The molecular weight excluding hydrogens is 373 g/mol. The molecule has 0 saturated carbocycles. The maximum absolute atomic E-state index is 13.2. The number of carbonyl (C=O) groups is 3. The Balaban J connectivity index is 1.58. The highest BCUT2D eigenvalue weighted by Gasteiger charge is 2.36. The van der Waals surface area contributed by atoms with Gasteiger partial charge >= 0.3 is 0 Å². The van der Waals surface area contributed by atoms with Gasteiger partial charge in [0.15, 0.2) is 0 Å². The molecule has 1 atom stereocenters. The van der Waals surface area contributed by atoms with Gasteiger partial charge in [0.1, 0.15) is 5.82 Å². The molecule has 29 heavy (non-hydrogen) atoms. The van der Waals surface area contributed by atoms with Gasteiger partial charge in [-0.15, -0.1) is 0 Å². The number of halogens is 1. The summed E-state index contributed by atoms with van der Waals surface area (Å²) in [6, 6.07) is 13.3. The molecule has 3 rings (SSSR count). The van der Waals surface area contributed by atoms with E-state index >= 15 is 0 Å². The van der Waals surface area contributed by atoms with E-state index < -0.39 is 17.6 Å². The first-order chi connectivity index (χ1) is 13.9. The molecule has 3 amide bonds. The van der Waals surface area contributed by atoms with Crippen LogP contribution < -0.4 is 10.2 Å². The molecule has 1 aliphatic rings. The molecule has 1 N–H and O–H groups in total. The monoisotopic (exact) mass is 397 g/mol. The molecule has 1 aliphatic heterocycles. The van der Waals surface area contributed by atoms with Crippen LogP contribution in [0.3, 0.4) is 0 Å². The van der Waals surface area contributed by atoms with Gasteiger partial charge < -0.3 is 15.1 Å². The lowest BCUT2D eigenvalue weighted by Gasteiger charge is -2.21. The molecule has 1 fully saturated rings. The number of hydrogen-bond acceptors (Lipinski definition) is 3. The maximum atomic E-state index is 13.2. The van der Waals surface area contributed by atoms with Crippen molar-refractivity contribution >= 4 is 29.1 Å². The molecular formula is C22H24FN3O3. The van der Waals surface area contributed by atoms with E-state index in [-0.39, 0.29) is 24.8 Å². The van der Waals surface area contributed by atoms with Crippen molar-refractivity contribution in [2.75, 3.05) is 30.4 Å². The third-order valence-corrected chi connectivity index (χ3v) is 5.00. The van der Waals surface area contributed by atoms with E-state index in [0.717, 1.165) is 12.1 Å². The Morgan fingerprint density at radius 3 is 2.59 bits per heavy atom. The Morgan fingerprint density at radius 1 is 1.21 bits per heavy atom. The topological polar surface area (TPSA) is 69.7 Å².